The molecule has 0 amide bonds. The molecule has 0 atom stereocenters. The van der Waals surface area contributed by atoms with Crippen LogP contribution in [0.3, 0.4) is 0 Å². The van der Waals surface area contributed by atoms with Gasteiger partial charge < -0.3 is 10.5 Å². The third kappa shape index (κ3) is 1.66. The van der Waals surface area contributed by atoms with Crippen molar-refractivity contribution in [2.75, 3.05) is 12.8 Å². The summed E-state index contributed by atoms with van der Waals surface area (Å²) in [5.41, 5.74) is 5.64. The van der Waals surface area contributed by atoms with Gasteiger partial charge in [0.05, 0.1) is 12.0 Å². The molecular formula is C7H9N3O3. The summed E-state index contributed by atoms with van der Waals surface area (Å²) in [6.07, 6.45) is 0. The molecule has 0 radical (unpaired) electrons. The molecule has 13 heavy (non-hydrogen) atoms. The zero-order valence-corrected chi connectivity index (χ0v) is 7.27. The molecule has 1 aromatic heterocycles. The number of aryl methyl sites for hydroxylation is 1. The lowest BCUT2D eigenvalue weighted by Gasteiger charge is -2.03. The van der Waals surface area contributed by atoms with Gasteiger partial charge in [0.25, 0.3) is 0 Å². The van der Waals surface area contributed by atoms with Crippen molar-refractivity contribution in [2.45, 2.75) is 6.92 Å². The van der Waals surface area contributed by atoms with Gasteiger partial charge in [-0.2, -0.15) is 4.98 Å². The van der Waals surface area contributed by atoms with E-state index in [2.05, 4.69) is 4.98 Å². The molecule has 0 unspecified atom stereocenters. The first-order valence-corrected chi connectivity index (χ1v) is 3.51. The lowest BCUT2D eigenvalue weighted by molar-refractivity contribution is -0.384. The average Bonchev–Trinajstić information content (AvgIpc) is 2.02. The van der Waals surface area contributed by atoms with E-state index >= 15 is 0 Å². The zero-order chi connectivity index (χ0) is 10.0. The summed E-state index contributed by atoms with van der Waals surface area (Å²) in [4.78, 5) is 13.6. The minimum atomic E-state index is -0.558. The molecule has 0 aliphatic rings. The number of methoxy groups -OCH3 is 1. The van der Waals surface area contributed by atoms with Gasteiger partial charge in [0.1, 0.15) is 0 Å². The number of ether oxygens (including phenoxy) is 1. The normalized spacial score (nSPS) is 9.69. The van der Waals surface area contributed by atoms with Gasteiger partial charge in [-0.1, -0.05) is 0 Å². The molecule has 0 saturated heterocycles. The fourth-order valence-corrected chi connectivity index (χ4v) is 1.00. The van der Waals surface area contributed by atoms with E-state index in [1.807, 2.05) is 0 Å². The SMILES string of the molecule is COc1cc(C)c([N+](=O)[O-])c(N)n1. The number of anilines is 1. The molecule has 0 saturated carbocycles. The first kappa shape index (κ1) is 9.24. The van der Waals surface area contributed by atoms with Gasteiger partial charge in [0.15, 0.2) is 0 Å². The highest BCUT2D eigenvalue weighted by atomic mass is 16.6. The Morgan fingerprint density at radius 2 is 2.31 bits per heavy atom. The van der Waals surface area contributed by atoms with E-state index in [-0.39, 0.29) is 17.4 Å². The number of nitrogens with two attached hydrogens (primary N) is 1. The maximum atomic E-state index is 10.5. The van der Waals surface area contributed by atoms with E-state index in [0.29, 0.717) is 5.56 Å². The summed E-state index contributed by atoms with van der Waals surface area (Å²) in [6.45, 7) is 1.58. The van der Waals surface area contributed by atoms with Crippen LogP contribution in [0.1, 0.15) is 5.56 Å². The molecule has 70 valence electrons. The van der Waals surface area contributed by atoms with Crippen LogP contribution in [0, 0.1) is 17.0 Å². The first-order valence-electron chi connectivity index (χ1n) is 3.51. The van der Waals surface area contributed by atoms with Crippen molar-refractivity contribution in [1.82, 2.24) is 4.98 Å². The van der Waals surface area contributed by atoms with Crippen LogP contribution in [0.2, 0.25) is 0 Å². The fraction of sp³-hybridized carbons (Fsp3) is 0.286. The van der Waals surface area contributed by atoms with E-state index in [1.165, 1.54) is 13.2 Å². The van der Waals surface area contributed by atoms with E-state index in [4.69, 9.17) is 10.5 Å². The van der Waals surface area contributed by atoms with E-state index in [0.717, 1.165) is 0 Å². The van der Waals surface area contributed by atoms with Gasteiger partial charge in [0, 0.05) is 11.6 Å². The summed E-state index contributed by atoms with van der Waals surface area (Å²) in [7, 11) is 1.42. The zero-order valence-electron chi connectivity index (χ0n) is 7.27. The highest BCUT2D eigenvalue weighted by molar-refractivity contribution is 5.58. The number of nitro groups is 1. The van der Waals surface area contributed by atoms with Crippen LogP contribution >= 0.6 is 0 Å². The van der Waals surface area contributed by atoms with Crippen molar-refractivity contribution < 1.29 is 9.66 Å². The largest absolute Gasteiger partial charge is 0.481 e. The second-order valence-electron chi connectivity index (χ2n) is 2.47. The minimum Gasteiger partial charge on any atom is -0.481 e. The number of hydrogen-bond acceptors (Lipinski definition) is 5. The molecule has 0 fully saturated rings. The van der Waals surface area contributed by atoms with Crippen LogP contribution in [-0.4, -0.2) is 17.0 Å². The monoisotopic (exact) mass is 183 g/mol. The number of nitrogens with zero attached hydrogens (tertiary/aromatic N) is 2. The van der Waals surface area contributed by atoms with E-state index in [1.54, 1.807) is 6.92 Å². The predicted molar refractivity (Wildman–Crippen MR) is 46.6 cm³/mol. The van der Waals surface area contributed by atoms with Crippen molar-refractivity contribution in [3.63, 3.8) is 0 Å². The topological polar surface area (TPSA) is 91.3 Å². The van der Waals surface area contributed by atoms with Crippen molar-refractivity contribution in [3.05, 3.63) is 21.7 Å². The number of rotatable bonds is 2. The molecule has 0 spiro atoms. The number of nitrogen functional groups attached to an aromatic ring is 1. The Bertz CT molecular complexity index is 328. The number of hydrogen-bond donors (Lipinski definition) is 1. The lowest BCUT2D eigenvalue weighted by atomic mass is 10.2. The van der Waals surface area contributed by atoms with Crippen LogP contribution in [-0.2, 0) is 0 Å². The summed E-state index contributed by atoms with van der Waals surface area (Å²) < 4.78 is 4.80. The lowest BCUT2D eigenvalue weighted by Crippen LogP contribution is -2.02. The summed E-state index contributed by atoms with van der Waals surface area (Å²) in [5, 5.41) is 10.5. The average molecular weight is 183 g/mol. The summed E-state index contributed by atoms with van der Waals surface area (Å²) in [6, 6.07) is 1.47. The van der Waals surface area contributed by atoms with Crippen LogP contribution < -0.4 is 10.5 Å². The Hall–Kier alpha value is -1.85. The Morgan fingerprint density at radius 3 is 2.69 bits per heavy atom. The highest BCUT2D eigenvalue weighted by Crippen LogP contribution is 2.26. The van der Waals surface area contributed by atoms with Gasteiger partial charge in [-0.05, 0) is 6.92 Å². The second kappa shape index (κ2) is 3.26. The molecule has 1 rings (SSSR count). The number of pyridine rings is 1. The standard InChI is InChI=1S/C7H9N3O3/c1-4-3-5(13-2)9-7(8)6(4)10(11)12/h3H,1-2H3,(H2,8,9). The van der Waals surface area contributed by atoms with Gasteiger partial charge in [-0.3, -0.25) is 10.1 Å². The predicted octanol–water partition coefficient (Wildman–Crippen LogP) is 0.889. The molecular weight excluding hydrogens is 174 g/mol. The van der Waals surface area contributed by atoms with Crippen LogP contribution in [0.5, 0.6) is 5.88 Å². The van der Waals surface area contributed by atoms with Gasteiger partial charge >= 0.3 is 5.69 Å². The van der Waals surface area contributed by atoms with E-state index < -0.39 is 4.92 Å². The smallest absolute Gasteiger partial charge is 0.314 e. The third-order valence-electron chi connectivity index (χ3n) is 1.58. The highest BCUT2D eigenvalue weighted by Gasteiger charge is 2.17. The van der Waals surface area contributed by atoms with Crippen molar-refractivity contribution in [1.29, 1.82) is 0 Å². The minimum absolute atomic E-state index is 0.123. The summed E-state index contributed by atoms with van der Waals surface area (Å²) in [5.74, 6) is 0.155. The summed E-state index contributed by atoms with van der Waals surface area (Å²) >= 11 is 0. The molecule has 0 aromatic carbocycles. The van der Waals surface area contributed by atoms with Gasteiger partial charge in [-0.15, -0.1) is 0 Å². The van der Waals surface area contributed by atoms with E-state index in [9.17, 15) is 10.1 Å². The maximum Gasteiger partial charge on any atom is 0.314 e. The van der Waals surface area contributed by atoms with Crippen molar-refractivity contribution in [3.8, 4) is 5.88 Å². The molecule has 0 aliphatic heterocycles. The third-order valence-corrected chi connectivity index (χ3v) is 1.58. The van der Waals surface area contributed by atoms with Gasteiger partial charge in [-0.25, -0.2) is 0 Å². The fourth-order valence-electron chi connectivity index (χ4n) is 1.00. The first-order chi connectivity index (χ1) is 6.06. The molecule has 0 bridgehead atoms. The van der Waals surface area contributed by atoms with Crippen LogP contribution in [0.4, 0.5) is 11.5 Å². The Labute approximate surface area is 74.5 Å². The Balaban J connectivity index is 3.31. The molecule has 0 aliphatic carbocycles. The molecule has 2 N–H and O–H groups in total. The number of aromatic nitrogens is 1. The molecule has 6 nitrogen and oxygen atoms in total. The maximum absolute atomic E-state index is 10.5. The van der Waals surface area contributed by atoms with Crippen molar-refractivity contribution >= 4 is 11.5 Å². The van der Waals surface area contributed by atoms with Crippen LogP contribution in [0.25, 0.3) is 0 Å². The second-order valence-corrected chi connectivity index (χ2v) is 2.47. The quantitative estimate of drug-likeness (QED) is 0.543. The Morgan fingerprint density at radius 1 is 1.69 bits per heavy atom. The molecule has 1 heterocycles. The molecule has 1 aromatic rings. The van der Waals surface area contributed by atoms with Gasteiger partial charge in [0.2, 0.25) is 11.7 Å². The molecule has 6 heteroatoms. The Kier molecular flexibility index (Phi) is 2.32. The van der Waals surface area contributed by atoms with Crippen LogP contribution in [0.15, 0.2) is 6.07 Å². The van der Waals surface area contributed by atoms with Crippen molar-refractivity contribution in [2.24, 2.45) is 0 Å².